The minimum absolute atomic E-state index is 0.292. The number of pyridine rings is 1. The largest absolute Gasteiger partial charge is 0.378 e. The summed E-state index contributed by atoms with van der Waals surface area (Å²) in [6.45, 7) is 2.88. The fraction of sp³-hybridized carbons (Fsp3) is 0.267. The molecule has 1 saturated heterocycles. The quantitative estimate of drug-likeness (QED) is 0.784. The summed E-state index contributed by atoms with van der Waals surface area (Å²) in [6.07, 6.45) is 1.67. The lowest BCUT2D eigenvalue weighted by atomic mass is 10.1. The Labute approximate surface area is 125 Å². The second-order valence-electron chi connectivity index (χ2n) is 5.11. The summed E-state index contributed by atoms with van der Waals surface area (Å²) in [5.41, 5.74) is 1.33. The maximum absolute atomic E-state index is 13.9. The van der Waals surface area contributed by atoms with Crippen molar-refractivity contribution >= 4 is 16.9 Å². The van der Waals surface area contributed by atoms with Crippen molar-refractivity contribution in [3.8, 4) is 11.4 Å². The first-order valence-corrected chi connectivity index (χ1v) is 7.11. The van der Waals surface area contributed by atoms with Crippen LogP contribution in [-0.2, 0) is 4.74 Å². The molecular weight excluding hydrogens is 285 g/mol. The number of aromatic amines is 1. The van der Waals surface area contributed by atoms with E-state index in [1.54, 1.807) is 24.4 Å². The van der Waals surface area contributed by atoms with Crippen LogP contribution in [0.5, 0.6) is 0 Å². The standard InChI is InChI=1S/C15H14FN5O/c16-12-2-1-3-13-11(12)8-10(9-17-13)14-18-15(20-19-14)21-4-6-22-7-5-21/h1-3,8-9H,4-7H2,(H,18,19,20). The highest BCUT2D eigenvalue weighted by molar-refractivity contribution is 5.83. The molecule has 22 heavy (non-hydrogen) atoms. The number of nitrogens with zero attached hydrogens (tertiary/aromatic N) is 4. The highest BCUT2D eigenvalue weighted by Crippen LogP contribution is 2.23. The number of morpholine rings is 1. The zero-order chi connectivity index (χ0) is 14.9. The van der Waals surface area contributed by atoms with E-state index in [-0.39, 0.29) is 5.82 Å². The third-order valence-electron chi connectivity index (χ3n) is 3.71. The van der Waals surface area contributed by atoms with Crippen LogP contribution < -0.4 is 4.90 Å². The van der Waals surface area contributed by atoms with Crippen LogP contribution >= 0.6 is 0 Å². The summed E-state index contributed by atoms with van der Waals surface area (Å²) in [5.74, 6) is 0.922. The monoisotopic (exact) mass is 299 g/mol. The van der Waals surface area contributed by atoms with Gasteiger partial charge < -0.3 is 9.64 Å². The topological polar surface area (TPSA) is 66.9 Å². The highest BCUT2D eigenvalue weighted by Gasteiger charge is 2.16. The van der Waals surface area contributed by atoms with Crippen LogP contribution in [0.25, 0.3) is 22.3 Å². The molecule has 0 atom stereocenters. The molecule has 7 heteroatoms. The lowest BCUT2D eigenvalue weighted by Gasteiger charge is -2.25. The zero-order valence-corrected chi connectivity index (χ0v) is 11.8. The fourth-order valence-electron chi connectivity index (χ4n) is 2.53. The molecule has 0 spiro atoms. The third kappa shape index (κ3) is 2.29. The minimum Gasteiger partial charge on any atom is -0.378 e. The lowest BCUT2D eigenvalue weighted by Crippen LogP contribution is -2.36. The maximum atomic E-state index is 13.9. The van der Waals surface area contributed by atoms with E-state index in [1.165, 1.54) is 6.07 Å². The molecule has 0 saturated carbocycles. The Morgan fingerprint density at radius 3 is 2.95 bits per heavy atom. The Bertz CT molecular complexity index is 813. The number of ether oxygens (including phenoxy) is 1. The molecule has 0 aliphatic carbocycles. The summed E-state index contributed by atoms with van der Waals surface area (Å²) in [7, 11) is 0. The van der Waals surface area contributed by atoms with Gasteiger partial charge in [-0.3, -0.25) is 10.1 Å². The molecule has 1 fully saturated rings. The zero-order valence-electron chi connectivity index (χ0n) is 11.8. The van der Waals surface area contributed by atoms with E-state index in [0.717, 1.165) is 13.1 Å². The van der Waals surface area contributed by atoms with E-state index in [9.17, 15) is 4.39 Å². The van der Waals surface area contributed by atoms with E-state index >= 15 is 0 Å². The van der Waals surface area contributed by atoms with Gasteiger partial charge in [-0.1, -0.05) is 6.07 Å². The van der Waals surface area contributed by atoms with Gasteiger partial charge in [0.1, 0.15) is 5.82 Å². The fourth-order valence-corrected chi connectivity index (χ4v) is 2.53. The van der Waals surface area contributed by atoms with Crippen molar-refractivity contribution in [3.05, 3.63) is 36.3 Å². The van der Waals surface area contributed by atoms with Crippen LogP contribution in [-0.4, -0.2) is 46.5 Å². The first-order valence-electron chi connectivity index (χ1n) is 7.11. The normalized spacial score (nSPS) is 15.4. The number of halogens is 1. The van der Waals surface area contributed by atoms with Gasteiger partial charge in [-0.2, -0.15) is 4.98 Å². The predicted molar refractivity (Wildman–Crippen MR) is 80.1 cm³/mol. The lowest BCUT2D eigenvalue weighted by molar-refractivity contribution is 0.122. The van der Waals surface area contributed by atoms with Crippen LogP contribution in [0, 0.1) is 5.82 Å². The number of aromatic nitrogens is 4. The molecule has 1 aromatic carbocycles. The van der Waals surface area contributed by atoms with Gasteiger partial charge in [-0.15, -0.1) is 5.10 Å². The summed E-state index contributed by atoms with van der Waals surface area (Å²) in [6, 6.07) is 6.59. The van der Waals surface area contributed by atoms with Crippen LogP contribution in [0.3, 0.4) is 0 Å². The molecule has 3 heterocycles. The third-order valence-corrected chi connectivity index (χ3v) is 3.71. The van der Waals surface area contributed by atoms with Crippen molar-refractivity contribution in [2.75, 3.05) is 31.2 Å². The van der Waals surface area contributed by atoms with Gasteiger partial charge in [0.2, 0.25) is 5.95 Å². The molecule has 4 rings (SSSR count). The van der Waals surface area contributed by atoms with Gasteiger partial charge in [0, 0.05) is 30.2 Å². The number of nitrogens with one attached hydrogen (secondary N) is 1. The summed E-state index contributed by atoms with van der Waals surface area (Å²) >= 11 is 0. The van der Waals surface area contributed by atoms with Gasteiger partial charge >= 0.3 is 0 Å². The molecule has 0 unspecified atom stereocenters. The molecule has 112 valence electrons. The van der Waals surface area contributed by atoms with Crippen LogP contribution in [0.4, 0.5) is 10.3 Å². The smallest absolute Gasteiger partial charge is 0.245 e. The Morgan fingerprint density at radius 1 is 1.23 bits per heavy atom. The average Bonchev–Trinajstić information content (AvgIpc) is 3.06. The number of fused-ring (bicyclic) bond motifs is 1. The summed E-state index contributed by atoms with van der Waals surface area (Å²) in [4.78, 5) is 10.8. The molecule has 6 nitrogen and oxygen atoms in total. The second-order valence-corrected chi connectivity index (χ2v) is 5.11. The number of anilines is 1. The van der Waals surface area contributed by atoms with Crippen LogP contribution in [0.15, 0.2) is 30.5 Å². The van der Waals surface area contributed by atoms with E-state index in [1.807, 2.05) is 0 Å². The summed E-state index contributed by atoms with van der Waals surface area (Å²) < 4.78 is 19.2. The highest BCUT2D eigenvalue weighted by atomic mass is 19.1. The first-order chi connectivity index (χ1) is 10.8. The number of hydrogen-bond donors (Lipinski definition) is 1. The molecule has 0 radical (unpaired) electrons. The maximum Gasteiger partial charge on any atom is 0.245 e. The molecule has 0 amide bonds. The van der Waals surface area contributed by atoms with Gasteiger partial charge in [0.25, 0.3) is 0 Å². The average molecular weight is 299 g/mol. The second kappa shape index (κ2) is 5.34. The van der Waals surface area contributed by atoms with Crippen molar-refractivity contribution in [1.29, 1.82) is 0 Å². The molecular formula is C15H14FN5O. The molecule has 0 bridgehead atoms. The Kier molecular flexibility index (Phi) is 3.19. The SMILES string of the molecule is Fc1cccc2ncc(-c3nc(N4CCOCC4)n[nH]3)cc12. The first kappa shape index (κ1) is 13.1. The minimum atomic E-state index is -0.292. The Hall–Kier alpha value is -2.54. The molecule has 1 aliphatic rings. The number of rotatable bonds is 2. The van der Waals surface area contributed by atoms with Crippen molar-refractivity contribution in [3.63, 3.8) is 0 Å². The van der Waals surface area contributed by atoms with E-state index in [4.69, 9.17) is 4.74 Å². The number of benzene rings is 1. The number of hydrogen-bond acceptors (Lipinski definition) is 5. The number of H-pyrrole nitrogens is 1. The van der Waals surface area contributed by atoms with Crippen molar-refractivity contribution < 1.29 is 9.13 Å². The molecule has 1 aliphatic heterocycles. The molecule has 2 aromatic heterocycles. The van der Waals surface area contributed by atoms with Gasteiger partial charge in [0.15, 0.2) is 5.82 Å². The Balaban J connectivity index is 1.69. The summed E-state index contributed by atoms with van der Waals surface area (Å²) in [5, 5.41) is 7.61. The molecule has 1 N–H and O–H groups in total. The van der Waals surface area contributed by atoms with Crippen molar-refractivity contribution in [1.82, 2.24) is 20.2 Å². The van der Waals surface area contributed by atoms with E-state index < -0.39 is 0 Å². The van der Waals surface area contributed by atoms with E-state index in [2.05, 4.69) is 25.1 Å². The molecule has 3 aromatic rings. The Morgan fingerprint density at radius 2 is 2.09 bits per heavy atom. The van der Waals surface area contributed by atoms with Crippen molar-refractivity contribution in [2.45, 2.75) is 0 Å². The van der Waals surface area contributed by atoms with E-state index in [0.29, 0.717) is 41.5 Å². The van der Waals surface area contributed by atoms with Crippen molar-refractivity contribution in [2.24, 2.45) is 0 Å². The predicted octanol–water partition coefficient (Wildman–Crippen LogP) is 2.00. The van der Waals surface area contributed by atoms with Gasteiger partial charge in [-0.25, -0.2) is 4.39 Å². The van der Waals surface area contributed by atoms with Crippen LogP contribution in [0.2, 0.25) is 0 Å². The van der Waals surface area contributed by atoms with Gasteiger partial charge in [0.05, 0.1) is 18.7 Å². The van der Waals surface area contributed by atoms with Crippen LogP contribution in [0.1, 0.15) is 0 Å². The van der Waals surface area contributed by atoms with Gasteiger partial charge in [-0.05, 0) is 18.2 Å².